The van der Waals surface area contributed by atoms with Gasteiger partial charge >= 0.3 is 0 Å². The quantitative estimate of drug-likeness (QED) is 0.788. The summed E-state index contributed by atoms with van der Waals surface area (Å²) in [5, 5.41) is 3.33. The minimum atomic E-state index is -0.258. The molecule has 0 aromatic heterocycles. The van der Waals surface area contributed by atoms with Gasteiger partial charge in [0.25, 0.3) is 5.91 Å². The smallest absolute Gasteiger partial charge is 0.255 e. The molecule has 1 atom stereocenters. The molecule has 0 aliphatic rings. The second kappa shape index (κ2) is 8.25. The number of hydrogen-bond donors (Lipinski definition) is 1. The fraction of sp³-hybridized carbons (Fsp3) is 0.462. The van der Waals surface area contributed by atoms with Crippen molar-refractivity contribution in [1.82, 2.24) is 5.32 Å². The third kappa shape index (κ3) is 4.90. The number of hydrogen-bond acceptors (Lipinski definition) is 3. The molecule has 0 spiro atoms. The van der Waals surface area contributed by atoms with Gasteiger partial charge in [0.15, 0.2) is 0 Å². The third-order valence-electron chi connectivity index (χ3n) is 2.57. The van der Waals surface area contributed by atoms with Gasteiger partial charge < -0.3 is 14.8 Å². The highest BCUT2D eigenvalue weighted by Crippen LogP contribution is 2.22. The molecule has 0 bridgehead atoms. The van der Waals surface area contributed by atoms with Crippen LogP contribution in [0.2, 0.25) is 5.02 Å². The highest BCUT2D eigenvalue weighted by Gasteiger charge is 2.17. The second-order valence-corrected chi connectivity index (χ2v) is 4.76. The second-order valence-electron chi connectivity index (χ2n) is 3.95. The molecule has 6 heteroatoms. The van der Waals surface area contributed by atoms with E-state index in [0.29, 0.717) is 35.2 Å². The zero-order valence-corrected chi connectivity index (χ0v) is 12.4. The van der Waals surface area contributed by atoms with Crippen LogP contribution in [0.15, 0.2) is 18.2 Å². The first-order valence-corrected chi connectivity index (χ1v) is 6.73. The van der Waals surface area contributed by atoms with Gasteiger partial charge in [-0.05, 0) is 24.6 Å². The number of methoxy groups -OCH3 is 2. The Kier molecular flexibility index (Phi) is 6.99. The number of rotatable bonds is 7. The summed E-state index contributed by atoms with van der Waals surface area (Å²) in [5.74, 6) is 0.663. The van der Waals surface area contributed by atoms with E-state index in [-0.39, 0.29) is 11.9 Å². The Morgan fingerprint density at radius 2 is 2.16 bits per heavy atom. The van der Waals surface area contributed by atoms with Crippen LogP contribution in [0.3, 0.4) is 0 Å². The number of benzene rings is 1. The molecule has 1 rings (SSSR count). The van der Waals surface area contributed by atoms with Gasteiger partial charge in [-0.25, -0.2) is 0 Å². The van der Waals surface area contributed by atoms with Gasteiger partial charge in [0.05, 0.1) is 25.3 Å². The van der Waals surface area contributed by atoms with Gasteiger partial charge in [0, 0.05) is 18.0 Å². The molecule has 0 aliphatic carbocycles. The molecule has 1 amide bonds. The van der Waals surface area contributed by atoms with E-state index in [1.807, 2.05) is 0 Å². The molecule has 1 aromatic carbocycles. The lowest BCUT2D eigenvalue weighted by molar-refractivity contribution is 0.0892. The number of nitrogens with one attached hydrogen (secondary N) is 1. The minimum absolute atomic E-state index is 0.140. The molecular weight excluding hydrogens is 289 g/mol. The van der Waals surface area contributed by atoms with Crippen molar-refractivity contribution in [3.8, 4) is 5.75 Å². The molecule has 0 heterocycles. The van der Waals surface area contributed by atoms with Crippen LogP contribution in [0.5, 0.6) is 5.75 Å². The Morgan fingerprint density at radius 3 is 2.74 bits per heavy atom. The first-order valence-electron chi connectivity index (χ1n) is 5.81. The minimum Gasteiger partial charge on any atom is -0.496 e. The molecule has 4 nitrogen and oxygen atoms in total. The maximum atomic E-state index is 12.2. The number of amides is 1. The average Bonchev–Trinajstić information content (AvgIpc) is 2.39. The molecular formula is C13H17Cl2NO3. The highest BCUT2D eigenvalue weighted by molar-refractivity contribution is 6.31. The van der Waals surface area contributed by atoms with E-state index in [4.69, 9.17) is 32.7 Å². The first kappa shape index (κ1) is 16.1. The summed E-state index contributed by atoms with van der Waals surface area (Å²) in [5.41, 5.74) is 0.394. The fourth-order valence-electron chi connectivity index (χ4n) is 1.65. The lowest BCUT2D eigenvalue weighted by Gasteiger charge is -2.17. The molecule has 106 valence electrons. The Hall–Kier alpha value is -0.970. The molecule has 0 radical (unpaired) electrons. The predicted molar refractivity (Wildman–Crippen MR) is 76.5 cm³/mol. The molecule has 0 saturated heterocycles. The van der Waals surface area contributed by atoms with Crippen molar-refractivity contribution in [2.45, 2.75) is 12.5 Å². The first-order chi connectivity index (χ1) is 9.12. The Bertz CT molecular complexity index is 420. The van der Waals surface area contributed by atoms with E-state index in [1.54, 1.807) is 25.3 Å². The van der Waals surface area contributed by atoms with Gasteiger partial charge in [-0.3, -0.25) is 4.79 Å². The number of carbonyl (C=O) groups excluding carboxylic acids is 1. The van der Waals surface area contributed by atoms with E-state index < -0.39 is 0 Å². The average molecular weight is 306 g/mol. The Labute approximate surface area is 123 Å². The molecule has 1 unspecified atom stereocenters. The van der Waals surface area contributed by atoms with Crippen LogP contribution >= 0.6 is 23.2 Å². The Balaban J connectivity index is 2.83. The summed E-state index contributed by atoms with van der Waals surface area (Å²) in [6.45, 7) is 0.404. The van der Waals surface area contributed by atoms with Crippen molar-refractivity contribution in [2.24, 2.45) is 0 Å². The number of alkyl halides is 1. The SMILES string of the molecule is COCC(CCCl)NC(=O)c1cc(Cl)ccc1OC. The van der Waals surface area contributed by atoms with Crippen LogP contribution in [0.4, 0.5) is 0 Å². The zero-order valence-electron chi connectivity index (χ0n) is 10.9. The molecule has 0 saturated carbocycles. The predicted octanol–water partition coefficient (Wildman–Crippen LogP) is 2.72. The van der Waals surface area contributed by atoms with E-state index in [0.717, 1.165) is 0 Å². The van der Waals surface area contributed by atoms with Crippen molar-refractivity contribution in [3.05, 3.63) is 28.8 Å². The van der Waals surface area contributed by atoms with Gasteiger partial charge in [0.2, 0.25) is 0 Å². The van der Waals surface area contributed by atoms with E-state index in [1.165, 1.54) is 7.11 Å². The van der Waals surface area contributed by atoms with Crippen molar-refractivity contribution < 1.29 is 14.3 Å². The molecule has 19 heavy (non-hydrogen) atoms. The zero-order chi connectivity index (χ0) is 14.3. The topological polar surface area (TPSA) is 47.6 Å². The van der Waals surface area contributed by atoms with Crippen molar-refractivity contribution in [2.75, 3.05) is 26.7 Å². The maximum absolute atomic E-state index is 12.2. The van der Waals surface area contributed by atoms with Gasteiger partial charge in [-0.2, -0.15) is 0 Å². The standard InChI is InChI=1S/C13H17Cl2NO3/c1-18-8-10(5-6-14)16-13(17)11-7-9(15)3-4-12(11)19-2/h3-4,7,10H,5-6,8H2,1-2H3,(H,16,17). The number of carbonyl (C=O) groups is 1. The monoisotopic (exact) mass is 305 g/mol. The van der Waals surface area contributed by atoms with Crippen molar-refractivity contribution in [1.29, 1.82) is 0 Å². The third-order valence-corrected chi connectivity index (χ3v) is 3.02. The van der Waals surface area contributed by atoms with E-state index >= 15 is 0 Å². The van der Waals surface area contributed by atoms with Crippen LogP contribution in [0.25, 0.3) is 0 Å². The van der Waals surface area contributed by atoms with Crippen LogP contribution in [-0.2, 0) is 4.74 Å². The Morgan fingerprint density at radius 1 is 1.42 bits per heavy atom. The molecule has 1 N–H and O–H groups in total. The van der Waals surface area contributed by atoms with E-state index in [2.05, 4.69) is 5.32 Å². The number of ether oxygens (including phenoxy) is 2. The molecule has 1 aromatic rings. The summed E-state index contributed by atoms with van der Waals surface area (Å²) in [4.78, 5) is 12.2. The van der Waals surface area contributed by atoms with Crippen LogP contribution in [-0.4, -0.2) is 38.7 Å². The van der Waals surface area contributed by atoms with Crippen molar-refractivity contribution >= 4 is 29.1 Å². The number of halogens is 2. The summed E-state index contributed by atoms with van der Waals surface area (Å²) in [6, 6.07) is 4.76. The lowest BCUT2D eigenvalue weighted by atomic mass is 10.1. The molecule has 0 fully saturated rings. The lowest BCUT2D eigenvalue weighted by Crippen LogP contribution is -2.38. The van der Waals surface area contributed by atoms with Gasteiger partial charge in [-0.1, -0.05) is 11.6 Å². The largest absolute Gasteiger partial charge is 0.496 e. The van der Waals surface area contributed by atoms with Crippen molar-refractivity contribution in [3.63, 3.8) is 0 Å². The van der Waals surface area contributed by atoms with Crippen LogP contribution < -0.4 is 10.1 Å². The summed E-state index contributed by atoms with van der Waals surface area (Å²) < 4.78 is 10.2. The normalized spacial score (nSPS) is 12.0. The van der Waals surface area contributed by atoms with Gasteiger partial charge in [0.1, 0.15) is 5.75 Å². The summed E-state index contributed by atoms with van der Waals surface area (Å²) >= 11 is 11.6. The van der Waals surface area contributed by atoms with Crippen LogP contribution in [0, 0.1) is 0 Å². The van der Waals surface area contributed by atoms with E-state index in [9.17, 15) is 4.79 Å². The highest BCUT2D eigenvalue weighted by atomic mass is 35.5. The van der Waals surface area contributed by atoms with Crippen LogP contribution in [0.1, 0.15) is 16.8 Å². The summed E-state index contributed by atoms with van der Waals surface area (Å²) in [7, 11) is 3.08. The molecule has 0 aliphatic heterocycles. The summed E-state index contributed by atoms with van der Waals surface area (Å²) in [6.07, 6.45) is 0.629. The maximum Gasteiger partial charge on any atom is 0.255 e. The fourth-order valence-corrected chi connectivity index (χ4v) is 2.09. The van der Waals surface area contributed by atoms with Gasteiger partial charge in [-0.15, -0.1) is 11.6 Å².